The highest BCUT2D eigenvalue weighted by Gasteiger charge is 2.45. The van der Waals surface area contributed by atoms with Crippen LogP contribution >= 0.6 is 0 Å². The highest BCUT2D eigenvalue weighted by Crippen LogP contribution is 2.43. The molecule has 0 unspecified atom stereocenters. The van der Waals surface area contributed by atoms with E-state index < -0.39 is 23.1 Å². The molecule has 3 saturated heterocycles. The number of fused-ring (bicyclic) bond motifs is 1. The van der Waals surface area contributed by atoms with Crippen LogP contribution in [0.1, 0.15) is 58.3 Å². The van der Waals surface area contributed by atoms with Crippen LogP contribution in [0.15, 0.2) is 34.5 Å². The van der Waals surface area contributed by atoms with E-state index in [2.05, 4.69) is 38.7 Å². The van der Waals surface area contributed by atoms with Crippen molar-refractivity contribution >= 4 is 30.1 Å². The number of likely N-dealkylation sites (N-methyl/N-ethyl adjacent to an activating group) is 1. The molecule has 0 radical (unpaired) electrons. The van der Waals surface area contributed by atoms with E-state index in [1.54, 1.807) is 6.07 Å². The smallest absolute Gasteiger partial charge is 0.379 e. The van der Waals surface area contributed by atoms with Crippen molar-refractivity contribution in [3.8, 4) is 0 Å². The summed E-state index contributed by atoms with van der Waals surface area (Å²) in [6.45, 7) is 9.45. The largest absolute Gasteiger partial charge is 0.416 e. The van der Waals surface area contributed by atoms with Crippen molar-refractivity contribution in [2.24, 2.45) is 10.2 Å². The van der Waals surface area contributed by atoms with Gasteiger partial charge in [-0.2, -0.15) is 18.3 Å². The summed E-state index contributed by atoms with van der Waals surface area (Å²) in [5, 5.41) is 8.01. The lowest BCUT2D eigenvalue weighted by Gasteiger charge is -2.43. The van der Waals surface area contributed by atoms with E-state index >= 15 is 0 Å². The zero-order valence-electron chi connectivity index (χ0n) is 26.9. The number of piperidine rings is 1. The number of amidine groups is 1. The molecule has 4 aliphatic rings. The van der Waals surface area contributed by atoms with Crippen molar-refractivity contribution < 1.29 is 22.7 Å². The van der Waals surface area contributed by atoms with Gasteiger partial charge in [-0.1, -0.05) is 6.42 Å². The van der Waals surface area contributed by atoms with Crippen LogP contribution in [0.3, 0.4) is 0 Å². The molecule has 248 valence electrons. The van der Waals surface area contributed by atoms with Gasteiger partial charge in [0.2, 0.25) is 0 Å². The van der Waals surface area contributed by atoms with Crippen molar-refractivity contribution in [2.75, 3.05) is 83.4 Å². The summed E-state index contributed by atoms with van der Waals surface area (Å²) in [5.74, 6) is 1.30. The molecule has 1 aromatic carbocycles. The van der Waals surface area contributed by atoms with Crippen LogP contribution in [-0.4, -0.2) is 112 Å². The number of carbonyl (C=O) groups excluding carboxylic acids is 1. The van der Waals surface area contributed by atoms with Crippen molar-refractivity contribution in [1.82, 2.24) is 19.7 Å². The van der Waals surface area contributed by atoms with Crippen LogP contribution in [-0.2, 0) is 29.4 Å². The molecule has 0 spiro atoms. The molecule has 10 nitrogen and oxygen atoms in total. The number of hydrogen-bond acceptors (Lipinski definition) is 8. The molecule has 2 aromatic rings. The summed E-state index contributed by atoms with van der Waals surface area (Å²) >= 11 is 0. The number of halogens is 3. The maximum Gasteiger partial charge on any atom is 0.416 e. The Balaban J connectivity index is 1.40. The Morgan fingerprint density at radius 2 is 1.72 bits per heavy atom. The van der Waals surface area contributed by atoms with Crippen LogP contribution in [0.5, 0.6) is 0 Å². The Morgan fingerprint density at radius 3 is 2.33 bits per heavy atom. The number of likely N-dealkylation sites (tertiary alicyclic amines) is 1. The lowest BCUT2D eigenvalue weighted by Crippen LogP contribution is -2.50. The maximum atomic E-state index is 14.5. The van der Waals surface area contributed by atoms with Crippen LogP contribution < -0.4 is 9.80 Å². The fourth-order valence-corrected chi connectivity index (χ4v) is 6.90. The Morgan fingerprint density at radius 1 is 1.02 bits per heavy atom. The zero-order valence-corrected chi connectivity index (χ0v) is 26.9. The highest BCUT2D eigenvalue weighted by molar-refractivity contribution is 6.10. The molecule has 0 bridgehead atoms. The molecule has 0 aliphatic carbocycles. The van der Waals surface area contributed by atoms with Gasteiger partial charge in [0.15, 0.2) is 0 Å². The molecule has 3 fully saturated rings. The number of piperazine rings is 1. The second-order valence-electron chi connectivity index (χ2n) is 13.3. The number of benzene rings is 1. The van der Waals surface area contributed by atoms with Gasteiger partial charge in [0.25, 0.3) is 5.91 Å². The Bertz CT molecular complexity index is 1490. The van der Waals surface area contributed by atoms with Gasteiger partial charge in [0.1, 0.15) is 17.5 Å². The third kappa shape index (κ3) is 6.50. The average molecular weight is 641 g/mol. The normalized spacial score (nSPS) is 20.9. The van der Waals surface area contributed by atoms with Gasteiger partial charge in [-0.15, -0.1) is 5.10 Å². The van der Waals surface area contributed by atoms with Gasteiger partial charge >= 0.3 is 6.18 Å². The summed E-state index contributed by atoms with van der Waals surface area (Å²) in [7, 11) is 5.85. The predicted molar refractivity (Wildman–Crippen MR) is 173 cm³/mol. The number of rotatable bonds is 8. The standard InChI is InChI=1S/C33H43F3N8O2/c1-37-39-30(40(2)3)18-32(21-46-22-32)24-16-28(43-12-10-41(4)11-13-43)38-29(17-24)44-20-26-25(31(44)45)14-23(15-27(26)33(34,35)36)19-42-8-6-5-7-9-42/h14-17H,1,5-13,18-22H2,2-4H3/b39-30-. The molecule has 4 aliphatic heterocycles. The van der Waals surface area contributed by atoms with E-state index in [4.69, 9.17) is 9.72 Å². The third-order valence-corrected chi connectivity index (χ3v) is 9.73. The monoisotopic (exact) mass is 640 g/mol. The minimum atomic E-state index is -4.59. The van der Waals surface area contributed by atoms with Gasteiger partial charge < -0.3 is 19.4 Å². The summed E-state index contributed by atoms with van der Waals surface area (Å²) in [4.78, 5) is 28.9. The Hall–Kier alpha value is -3.55. The summed E-state index contributed by atoms with van der Waals surface area (Å²) in [6, 6.07) is 6.79. The molecule has 13 heteroatoms. The molecule has 1 aromatic heterocycles. The van der Waals surface area contributed by atoms with Crippen LogP contribution in [0.25, 0.3) is 0 Å². The second kappa shape index (κ2) is 12.9. The van der Waals surface area contributed by atoms with E-state index in [-0.39, 0.29) is 17.7 Å². The Kier molecular flexibility index (Phi) is 9.10. The number of pyridine rings is 1. The molecule has 5 heterocycles. The van der Waals surface area contributed by atoms with Gasteiger partial charge in [-0.25, -0.2) is 4.98 Å². The number of anilines is 2. The number of nitrogens with zero attached hydrogens (tertiary/aromatic N) is 8. The lowest BCUT2D eigenvalue weighted by atomic mass is 9.75. The van der Waals surface area contributed by atoms with Crippen LogP contribution in [0, 0.1) is 0 Å². The maximum absolute atomic E-state index is 14.5. The summed E-state index contributed by atoms with van der Waals surface area (Å²) < 4.78 is 49.3. The minimum absolute atomic E-state index is 0.00835. The van der Waals surface area contributed by atoms with E-state index in [9.17, 15) is 18.0 Å². The molecule has 0 atom stereocenters. The first-order valence-corrected chi connectivity index (χ1v) is 16.0. The fourth-order valence-electron chi connectivity index (χ4n) is 6.90. The highest BCUT2D eigenvalue weighted by atomic mass is 19.4. The second-order valence-corrected chi connectivity index (χ2v) is 13.3. The van der Waals surface area contributed by atoms with E-state index in [1.165, 1.54) is 11.0 Å². The topological polar surface area (TPSA) is 80.1 Å². The van der Waals surface area contributed by atoms with Crippen molar-refractivity contribution in [2.45, 2.75) is 50.4 Å². The van der Waals surface area contributed by atoms with Crippen molar-refractivity contribution in [3.63, 3.8) is 0 Å². The summed E-state index contributed by atoms with van der Waals surface area (Å²) in [5.41, 5.74) is 0.323. The third-order valence-electron chi connectivity index (χ3n) is 9.73. The number of ether oxygens (including phenoxy) is 1. The predicted octanol–water partition coefficient (Wildman–Crippen LogP) is 4.23. The number of aromatic nitrogens is 1. The lowest BCUT2D eigenvalue weighted by molar-refractivity contribution is -0.138. The van der Waals surface area contributed by atoms with Crippen LogP contribution in [0.4, 0.5) is 24.8 Å². The number of hydrogen-bond donors (Lipinski definition) is 0. The number of amides is 1. The van der Waals surface area contributed by atoms with E-state index in [1.807, 2.05) is 31.1 Å². The molecule has 46 heavy (non-hydrogen) atoms. The quantitative estimate of drug-likeness (QED) is 0.243. The van der Waals surface area contributed by atoms with Gasteiger partial charge in [0.05, 0.1) is 25.3 Å². The SMILES string of the molecule is C=N/N=C(/CC1(c2cc(N3CCN(C)CC3)nc(N3Cc4c(cc(CN5CCCCC5)cc4C(F)(F)F)C3=O)c2)COC1)N(C)C. The first-order valence-electron chi connectivity index (χ1n) is 16.0. The fraction of sp³-hybridized carbons (Fsp3) is 0.576. The first-order chi connectivity index (χ1) is 22.0. The van der Waals surface area contributed by atoms with Crippen molar-refractivity contribution in [1.29, 1.82) is 0 Å². The van der Waals surface area contributed by atoms with Gasteiger partial charge in [-0.3, -0.25) is 14.6 Å². The number of carbonyl (C=O) groups is 1. The minimum Gasteiger partial charge on any atom is -0.379 e. The molecule has 6 rings (SSSR count). The zero-order chi connectivity index (χ0) is 32.6. The van der Waals surface area contributed by atoms with Crippen LogP contribution in [0.2, 0.25) is 0 Å². The summed E-state index contributed by atoms with van der Waals surface area (Å²) in [6.07, 6.45) is -0.893. The van der Waals surface area contributed by atoms with Gasteiger partial charge in [0, 0.05) is 70.9 Å². The first kappa shape index (κ1) is 32.4. The molecule has 0 saturated carbocycles. The molecular formula is C33H43F3N8O2. The number of alkyl halides is 3. The van der Waals surface area contributed by atoms with Gasteiger partial charge in [-0.05, 0) is 73.9 Å². The van der Waals surface area contributed by atoms with E-state index in [0.717, 1.165) is 69.9 Å². The molecule has 0 N–H and O–H groups in total. The van der Waals surface area contributed by atoms with Crippen molar-refractivity contribution in [3.05, 3.63) is 52.1 Å². The van der Waals surface area contributed by atoms with E-state index in [0.29, 0.717) is 43.4 Å². The molecular weight excluding hydrogens is 597 g/mol. The molecule has 1 amide bonds. The Labute approximate surface area is 268 Å². The average Bonchev–Trinajstić information content (AvgIpc) is 3.34.